The predicted molar refractivity (Wildman–Crippen MR) is 66.0 cm³/mol. The third kappa shape index (κ3) is 4.69. The van der Waals surface area contributed by atoms with Gasteiger partial charge in [0.2, 0.25) is 0 Å². The van der Waals surface area contributed by atoms with E-state index in [1.807, 2.05) is 6.07 Å². The third-order valence-corrected chi connectivity index (χ3v) is 2.81. The van der Waals surface area contributed by atoms with E-state index in [9.17, 15) is 0 Å². The molecule has 2 rings (SSSR count). The smallest absolute Gasteiger partial charge is 0.421 e. The van der Waals surface area contributed by atoms with Crippen LogP contribution in [0, 0.1) is 0 Å². The van der Waals surface area contributed by atoms with Crippen molar-refractivity contribution in [3.05, 3.63) is 54.6 Å². The zero-order valence-corrected chi connectivity index (χ0v) is 9.99. The first-order chi connectivity index (χ1) is 8.11. The number of phenolic OH excluding ortho intramolecular Hbond substituents is 2. The van der Waals surface area contributed by atoms with Crippen molar-refractivity contribution in [1.82, 2.24) is 0 Å². The zero-order chi connectivity index (χ0) is 12.7. The van der Waals surface area contributed by atoms with Crippen molar-refractivity contribution in [2.75, 3.05) is 0 Å². The molecule has 0 heterocycles. The molecule has 0 spiro atoms. The summed E-state index contributed by atoms with van der Waals surface area (Å²) in [5.41, 5.74) is 0. The van der Waals surface area contributed by atoms with Gasteiger partial charge < -0.3 is 19.8 Å². The first kappa shape index (κ1) is 13.2. The molecule has 89 valence electrons. The summed E-state index contributed by atoms with van der Waals surface area (Å²) in [6, 6.07) is 14.9. The molecule has 17 heavy (non-hydrogen) atoms. The summed E-state index contributed by atoms with van der Waals surface area (Å²) < 4.78 is 0. The fourth-order valence-corrected chi connectivity index (χ4v) is 1.65. The van der Waals surface area contributed by atoms with E-state index in [4.69, 9.17) is 19.8 Å². The number of hydrogen-bond acceptors (Lipinski definition) is 4. The van der Waals surface area contributed by atoms with Crippen LogP contribution in [0.3, 0.4) is 0 Å². The normalized spacial score (nSPS) is 9.59. The summed E-state index contributed by atoms with van der Waals surface area (Å²) in [6.45, 7) is 0. The van der Waals surface area contributed by atoms with Crippen LogP contribution >= 0.6 is 0 Å². The van der Waals surface area contributed by atoms with Crippen molar-refractivity contribution >= 4 is 14.5 Å². The summed E-state index contributed by atoms with van der Waals surface area (Å²) in [5.74, 6) is 0.267. The van der Waals surface area contributed by atoms with Crippen molar-refractivity contribution in [3.63, 3.8) is 0 Å². The van der Waals surface area contributed by atoms with Crippen LogP contribution in [0.2, 0.25) is 0 Å². The highest BCUT2D eigenvalue weighted by Gasteiger charge is 2.11. The molecule has 2 aromatic rings. The maximum Gasteiger partial charge on any atom is 0.421 e. The van der Waals surface area contributed by atoms with Gasteiger partial charge >= 0.3 is 9.28 Å². The molecule has 0 fully saturated rings. The standard InChI is InChI=1S/C6H7O3Si.C6H6O/c7-5-3-1-2-4-6(5)10(8)9;7-6-4-2-1-3-5-6/h1-4,7-9H;1-5,7H. The molecule has 0 saturated carbocycles. The minimum Gasteiger partial charge on any atom is -0.508 e. The summed E-state index contributed by atoms with van der Waals surface area (Å²) in [6.07, 6.45) is 0. The Morgan fingerprint density at radius 3 is 1.59 bits per heavy atom. The molecule has 0 aliphatic rings. The molecule has 0 unspecified atom stereocenters. The highest BCUT2D eigenvalue weighted by atomic mass is 28.3. The maximum absolute atomic E-state index is 8.99. The Morgan fingerprint density at radius 2 is 1.24 bits per heavy atom. The van der Waals surface area contributed by atoms with E-state index in [0.29, 0.717) is 5.75 Å². The molecular weight excluding hydrogens is 236 g/mol. The minimum absolute atomic E-state index is 0.0543. The largest absolute Gasteiger partial charge is 0.508 e. The first-order valence-electron chi connectivity index (χ1n) is 4.88. The number of rotatable bonds is 1. The van der Waals surface area contributed by atoms with Crippen LogP contribution in [-0.2, 0) is 0 Å². The molecule has 2 aromatic carbocycles. The van der Waals surface area contributed by atoms with E-state index >= 15 is 0 Å². The Bertz CT molecular complexity index is 445. The van der Waals surface area contributed by atoms with Crippen LogP contribution < -0.4 is 5.19 Å². The van der Waals surface area contributed by atoms with Crippen molar-refractivity contribution in [3.8, 4) is 11.5 Å². The van der Waals surface area contributed by atoms with E-state index in [-0.39, 0.29) is 10.9 Å². The molecule has 1 radical (unpaired) electrons. The summed E-state index contributed by atoms with van der Waals surface area (Å²) in [5, 5.41) is 17.8. The number of benzene rings is 2. The van der Waals surface area contributed by atoms with Gasteiger partial charge in [-0.3, -0.25) is 0 Å². The van der Waals surface area contributed by atoms with Gasteiger partial charge in [0.1, 0.15) is 11.5 Å². The van der Waals surface area contributed by atoms with Crippen molar-refractivity contribution in [1.29, 1.82) is 0 Å². The molecule has 0 aliphatic carbocycles. The zero-order valence-electron chi connectivity index (χ0n) is 8.99. The lowest BCUT2D eigenvalue weighted by atomic mass is 10.3. The van der Waals surface area contributed by atoms with Crippen molar-refractivity contribution in [2.24, 2.45) is 0 Å². The van der Waals surface area contributed by atoms with E-state index in [0.717, 1.165) is 0 Å². The highest BCUT2D eigenvalue weighted by molar-refractivity contribution is 6.59. The number of aromatic hydroxyl groups is 2. The molecule has 5 heteroatoms. The molecule has 4 N–H and O–H groups in total. The SMILES string of the molecule is Oc1ccccc1.Oc1ccccc1[Si](O)O. The fraction of sp³-hybridized carbons (Fsp3) is 0. The lowest BCUT2D eigenvalue weighted by molar-refractivity contribution is 0.419. The molecule has 0 bridgehead atoms. The van der Waals surface area contributed by atoms with Gasteiger partial charge in [0.25, 0.3) is 0 Å². The van der Waals surface area contributed by atoms with Gasteiger partial charge in [-0.25, -0.2) is 0 Å². The van der Waals surface area contributed by atoms with E-state index in [2.05, 4.69) is 0 Å². The maximum atomic E-state index is 8.99. The van der Waals surface area contributed by atoms with E-state index < -0.39 is 9.28 Å². The molecule has 0 saturated heterocycles. The topological polar surface area (TPSA) is 80.9 Å². The second-order valence-electron chi connectivity index (χ2n) is 3.18. The fourth-order valence-electron chi connectivity index (χ4n) is 1.09. The highest BCUT2D eigenvalue weighted by Crippen LogP contribution is 2.03. The summed E-state index contributed by atoms with van der Waals surface area (Å²) in [4.78, 5) is 17.4. The van der Waals surface area contributed by atoms with Crippen LogP contribution in [-0.4, -0.2) is 29.1 Å². The quantitative estimate of drug-likeness (QED) is 0.554. The van der Waals surface area contributed by atoms with Crippen LogP contribution in [0.1, 0.15) is 0 Å². The van der Waals surface area contributed by atoms with E-state index in [1.54, 1.807) is 36.4 Å². The van der Waals surface area contributed by atoms with Gasteiger partial charge in [-0.15, -0.1) is 0 Å². The average molecular weight is 249 g/mol. The molecule has 0 aliphatic heterocycles. The number of hydrogen-bond donors (Lipinski definition) is 4. The van der Waals surface area contributed by atoms with Crippen molar-refractivity contribution < 1.29 is 19.8 Å². The Balaban J connectivity index is 0.000000181. The summed E-state index contributed by atoms with van der Waals surface area (Å²) >= 11 is 0. The molecule has 0 atom stereocenters. The lowest BCUT2D eigenvalue weighted by Gasteiger charge is -2.00. The van der Waals surface area contributed by atoms with Crippen LogP contribution in [0.4, 0.5) is 0 Å². The Hall–Kier alpha value is -1.82. The second-order valence-corrected chi connectivity index (χ2v) is 4.36. The minimum atomic E-state index is -2.49. The van der Waals surface area contributed by atoms with Crippen LogP contribution in [0.25, 0.3) is 0 Å². The third-order valence-electron chi connectivity index (χ3n) is 1.90. The Kier molecular flexibility index (Phi) is 5.21. The second kappa shape index (κ2) is 6.69. The Morgan fingerprint density at radius 1 is 0.706 bits per heavy atom. The molecule has 4 nitrogen and oxygen atoms in total. The van der Waals surface area contributed by atoms with Crippen molar-refractivity contribution in [2.45, 2.75) is 0 Å². The molecular formula is C12H13O4Si. The summed E-state index contributed by atoms with van der Waals surface area (Å²) in [7, 11) is -2.49. The predicted octanol–water partition coefficient (Wildman–Crippen LogP) is 0.464. The monoisotopic (exact) mass is 249 g/mol. The Labute approximate surface area is 101 Å². The number of phenols is 2. The lowest BCUT2D eigenvalue weighted by Crippen LogP contribution is -2.29. The van der Waals surface area contributed by atoms with Gasteiger partial charge in [0, 0.05) is 5.19 Å². The average Bonchev–Trinajstić information content (AvgIpc) is 2.31. The molecule has 0 amide bonds. The number of para-hydroxylation sites is 2. The van der Waals surface area contributed by atoms with Gasteiger partial charge in [-0.1, -0.05) is 36.4 Å². The van der Waals surface area contributed by atoms with Gasteiger partial charge in [0.15, 0.2) is 0 Å². The van der Waals surface area contributed by atoms with E-state index in [1.165, 1.54) is 12.1 Å². The van der Waals surface area contributed by atoms with Crippen LogP contribution in [0.5, 0.6) is 11.5 Å². The van der Waals surface area contributed by atoms with Crippen LogP contribution in [0.15, 0.2) is 54.6 Å². The molecule has 0 aromatic heterocycles. The van der Waals surface area contributed by atoms with Gasteiger partial charge in [0.05, 0.1) is 0 Å². The van der Waals surface area contributed by atoms with Gasteiger partial charge in [-0.2, -0.15) is 0 Å². The first-order valence-corrected chi connectivity index (χ1v) is 6.28. The van der Waals surface area contributed by atoms with Gasteiger partial charge in [-0.05, 0) is 18.2 Å².